The average Bonchev–Trinajstić information content (AvgIpc) is 2.60. The molecule has 0 amide bonds. The Morgan fingerprint density at radius 3 is 2.39 bits per heavy atom. The molecule has 1 atom stereocenters. The Bertz CT molecular complexity index is 865. The number of hydrogen-bond acceptors (Lipinski definition) is 3. The third-order valence-electron chi connectivity index (χ3n) is 3.63. The molecule has 0 fully saturated rings. The first-order chi connectivity index (χ1) is 11.3. The molecule has 3 aromatic carbocycles. The zero-order valence-corrected chi connectivity index (χ0v) is 12.5. The topological polar surface area (TPSA) is 50.1 Å². The average molecular weight is 301 g/mol. The van der Waals surface area contributed by atoms with Gasteiger partial charge in [0, 0.05) is 5.56 Å². The molecule has 0 aromatic heterocycles. The van der Waals surface area contributed by atoms with Gasteiger partial charge in [-0.3, -0.25) is 4.79 Å². The maximum Gasteiger partial charge on any atom is 0.311 e. The van der Waals surface area contributed by atoms with Gasteiger partial charge in [-0.25, -0.2) is 0 Å². The number of carbonyl (C=O) groups is 1. The van der Waals surface area contributed by atoms with Crippen LogP contribution in [0.4, 0.5) is 0 Å². The summed E-state index contributed by atoms with van der Waals surface area (Å²) in [5, 5.41) is 11.4. The quantitative estimate of drug-likeness (QED) is 0.679. The van der Waals surface area contributed by atoms with Crippen LogP contribution in [0.3, 0.4) is 0 Å². The summed E-state index contributed by atoms with van der Waals surface area (Å²) in [4.78, 5) is 12.1. The normalized spacial score (nSPS) is 11.6. The van der Waals surface area contributed by atoms with Crippen LogP contribution in [-0.4, -0.2) is 5.97 Å². The van der Waals surface area contributed by atoms with E-state index in [-0.39, 0.29) is 6.42 Å². The molecule has 3 aromatic rings. The number of fused-ring (bicyclic) bond motifs is 1. The highest BCUT2D eigenvalue weighted by Gasteiger charge is 2.16. The van der Waals surface area contributed by atoms with Gasteiger partial charge >= 0.3 is 5.97 Å². The van der Waals surface area contributed by atoms with Crippen LogP contribution < -0.4 is 0 Å². The minimum atomic E-state index is -0.871. The molecule has 0 bridgehead atoms. The lowest BCUT2D eigenvalue weighted by molar-refractivity contribution is -0.146. The summed E-state index contributed by atoms with van der Waals surface area (Å²) < 4.78 is 5.30. The lowest BCUT2D eigenvalue weighted by atomic mass is 10.1. The third-order valence-corrected chi connectivity index (χ3v) is 3.63. The maximum absolute atomic E-state index is 12.1. The Morgan fingerprint density at radius 2 is 1.65 bits per heavy atom. The number of rotatable bonds is 4. The molecule has 0 aliphatic rings. The molecular weight excluding hydrogens is 286 g/mol. The summed E-state index contributed by atoms with van der Waals surface area (Å²) in [6.45, 7) is 0. The van der Waals surface area contributed by atoms with Crippen molar-refractivity contribution in [2.75, 3.05) is 0 Å². The standard InChI is InChI=1S/C20H15NO2/c21-14-19(17-7-2-1-3-8-17)23-20(22)13-15-10-11-16-6-4-5-9-18(16)12-15/h1-12,19H,13H2. The molecule has 112 valence electrons. The summed E-state index contributed by atoms with van der Waals surface area (Å²) in [5.41, 5.74) is 1.56. The predicted molar refractivity (Wildman–Crippen MR) is 88.5 cm³/mol. The van der Waals surface area contributed by atoms with Crippen LogP contribution in [0.15, 0.2) is 72.8 Å². The SMILES string of the molecule is N#CC(OC(=O)Cc1ccc2ccccc2c1)c1ccccc1. The highest BCUT2D eigenvalue weighted by Crippen LogP contribution is 2.19. The van der Waals surface area contributed by atoms with E-state index in [9.17, 15) is 10.1 Å². The van der Waals surface area contributed by atoms with Crippen molar-refractivity contribution in [2.45, 2.75) is 12.5 Å². The molecule has 3 heteroatoms. The molecule has 3 rings (SSSR count). The molecule has 23 heavy (non-hydrogen) atoms. The number of ether oxygens (including phenoxy) is 1. The molecular formula is C20H15NO2. The maximum atomic E-state index is 12.1. The first-order valence-corrected chi connectivity index (χ1v) is 7.38. The van der Waals surface area contributed by atoms with Crippen molar-refractivity contribution >= 4 is 16.7 Å². The van der Waals surface area contributed by atoms with Crippen LogP contribution in [0.1, 0.15) is 17.2 Å². The molecule has 0 aliphatic carbocycles. The molecule has 0 radical (unpaired) electrons. The van der Waals surface area contributed by atoms with E-state index in [4.69, 9.17) is 4.74 Å². The van der Waals surface area contributed by atoms with E-state index in [1.54, 1.807) is 12.1 Å². The number of nitrogens with zero attached hydrogens (tertiary/aromatic N) is 1. The zero-order chi connectivity index (χ0) is 16.1. The summed E-state index contributed by atoms with van der Waals surface area (Å²) in [5.74, 6) is -0.407. The molecule has 0 saturated heterocycles. The van der Waals surface area contributed by atoms with Gasteiger partial charge in [-0.05, 0) is 16.3 Å². The van der Waals surface area contributed by atoms with Crippen molar-refractivity contribution in [3.8, 4) is 6.07 Å². The van der Waals surface area contributed by atoms with Gasteiger partial charge in [0.15, 0.2) is 0 Å². The molecule has 0 heterocycles. The van der Waals surface area contributed by atoms with Crippen LogP contribution in [0.2, 0.25) is 0 Å². The van der Waals surface area contributed by atoms with E-state index < -0.39 is 12.1 Å². The Hall–Kier alpha value is -3.12. The van der Waals surface area contributed by atoms with Crippen LogP contribution in [0.5, 0.6) is 0 Å². The predicted octanol–water partition coefficient (Wildman–Crippen LogP) is 4.19. The molecule has 0 aliphatic heterocycles. The van der Waals surface area contributed by atoms with Crippen LogP contribution >= 0.6 is 0 Å². The first-order valence-electron chi connectivity index (χ1n) is 7.38. The number of nitriles is 1. The van der Waals surface area contributed by atoms with Gasteiger partial charge in [0.05, 0.1) is 6.42 Å². The van der Waals surface area contributed by atoms with E-state index in [0.717, 1.165) is 16.3 Å². The van der Waals surface area contributed by atoms with E-state index >= 15 is 0 Å². The van der Waals surface area contributed by atoms with Crippen LogP contribution in [0, 0.1) is 11.3 Å². The smallest absolute Gasteiger partial charge is 0.311 e. The Labute approximate surface area is 134 Å². The van der Waals surface area contributed by atoms with E-state index in [1.165, 1.54) is 0 Å². The van der Waals surface area contributed by atoms with Gasteiger partial charge in [0.25, 0.3) is 0 Å². The Balaban J connectivity index is 1.71. The minimum absolute atomic E-state index is 0.149. The highest BCUT2D eigenvalue weighted by atomic mass is 16.5. The van der Waals surface area contributed by atoms with E-state index in [2.05, 4.69) is 0 Å². The van der Waals surface area contributed by atoms with Gasteiger partial charge in [-0.2, -0.15) is 5.26 Å². The molecule has 0 saturated carbocycles. The largest absolute Gasteiger partial charge is 0.442 e. The number of carbonyl (C=O) groups excluding carboxylic acids is 1. The third kappa shape index (κ3) is 3.56. The second-order valence-electron chi connectivity index (χ2n) is 5.27. The van der Waals surface area contributed by atoms with Crippen molar-refractivity contribution in [1.29, 1.82) is 5.26 Å². The van der Waals surface area contributed by atoms with Gasteiger partial charge < -0.3 is 4.74 Å². The lowest BCUT2D eigenvalue weighted by Gasteiger charge is -2.11. The fourth-order valence-electron chi connectivity index (χ4n) is 2.49. The number of benzene rings is 3. The van der Waals surface area contributed by atoms with Gasteiger partial charge in [-0.15, -0.1) is 0 Å². The molecule has 0 spiro atoms. The fraction of sp³-hybridized carbons (Fsp3) is 0.100. The van der Waals surface area contributed by atoms with Crippen molar-refractivity contribution in [2.24, 2.45) is 0 Å². The summed E-state index contributed by atoms with van der Waals surface area (Å²) >= 11 is 0. The highest BCUT2D eigenvalue weighted by molar-refractivity contribution is 5.84. The first kappa shape index (κ1) is 14.8. The van der Waals surface area contributed by atoms with Crippen molar-refractivity contribution in [1.82, 2.24) is 0 Å². The van der Waals surface area contributed by atoms with E-state index in [1.807, 2.05) is 66.7 Å². The molecule has 1 unspecified atom stereocenters. The van der Waals surface area contributed by atoms with E-state index in [0.29, 0.717) is 5.56 Å². The molecule has 0 N–H and O–H groups in total. The van der Waals surface area contributed by atoms with Crippen molar-refractivity contribution in [3.63, 3.8) is 0 Å². The summed E-state index contributed by atoms with van der Waals surface area (Å²) in [7, 11) is 0. The fourth-order valence-corrected chi connectivity index (χ4v) is 2.49. The Morgan fingerprint density at radius 1 is 0.957 bits per heavy atom. The summed E-state index contributed by atoms with van der Waals surface area (Å²) in [6.07, 6.45) is -0.722. The van der Waals surface area contributed by atoms with Crippen LogP contribution in [0.25, 0.3) is 10.8 Å². The second kappa shape index (κ2) is 6.76. The number of hydrogen-bond donors (Lipinski definition) is 0. The minimum Gasteiger partial charge on any atom is -0.442 e. The second-order valence-corrected chi connectivity index (χ2v) is 5.27. The van der Waals surface area contributed by atoms with Crippen molar-refractivity contribution < 1.29 is 9.53 Å². The Kier molecular flexibility index (Phi) is 4.35. The van der Waals surface area contributed by atoms with Gasteiger partial charge in [-0.1, -0.05) is 72.8 Å². The monoisotopic (exact) mass is 301 g/mol. The van der Waals surface area contributed by atoms with Crippen LogP contribution in [-0.2, 0) is 16.0 Å². The van der Waals surface area contributed by atoms with Gasteiger partial charge in [0.1, 0.15) is 6.07 Å². The molecule has 3 nitrogen and oxygen atoms in total. The van der Waals surface area contributed by atoms with Crippen molar-refractivity contribution in [3.05, 3.63) is 83.9 Å². The zero-order valence-electron chi connectivity index (χ0n) is 12.5. The van der Waals surface area contributed by atoms with Gasteiger partial charge in [0.2, 0.25) is 6.10 Å². The number of esters is 1. The summed E-state index contributed by atoms with van der Waals surface area (Å²) in [6, 6.07) is 24.9. The lowest BCUT2D eigenvalue weighted by Crippen LogP contribution is -2.12.